The molecule has 4 N–H and O–H groups in total. The fourth-order valence-electron chi connectivity index (χ4n) is 1.79. The van der Waals surface area contributed by atoms with Crippen molar-refractivity contribution in [2.24, 2.45) is 11.7 Å². The van der Waals surface area contributed by atoms with Gasteiger partial charge in [-0.25, -0.2) is 9.59 Å². The highest BCUT2D eigenvalue weighted by Crippen LogP contribution is 2.14. The zero-order chi connectivity index (χ0) is 12.1. The molecule has 0 aliphatic carbocycles. The maximum Gasteiger partial charge on any atom is 0.326 e. The Morgan fingerprint density at radius 2 is 2.31 bits per heavy atom. The van der Waals surface area contributed by atoms with Gasteiger partial charge in [0.25, 0.3) is 0 Å². The number of hydrogen-bond acceptors (Lipinski definition) is 3. The van der Waals surface area contributed by atoms with Crippen LogP contribution in [-0.4, -0.2) is 47.7 Å². The van der Waals surface area contributed by atoms with E-state index in [1.807, 2.05) is 0 Å². The minimum Gasteiger partial charge on any atom is -0.480 e. The SMILES string of the molecule is CC[C@@H](NC(=O)N1CCC(CN)C1)C(=O)O. The molecule has 0 aromatic rings. The molecule has 0 saturated carbocycles. The largest absolute Gasteiger partial charge is 0.480 e. The van der Waals surface area contributed by atoms with Crippen molar-refractivity contribution >= 4 is 12.0 Å². The monoisotopic (exact) mass is 229 g/mol. The van der Waals surface area contributed by atoms with Crippen molar-refractivity contribution in [2.45, 2.75) is 25.8 Å². The number of carbonyl (C=O) groups excluding carboxylic acids is 1. The van der Waals surface area contributed by atoms with Crippen LogP contribution >= 0.6 is 0 Å². The first kappa shape index (κ1) is 12.8. The normalized spacial score (nSPS) is 21.9. The fraction of sp³-hybridized carbons (Fsp3) is 0.800. The van der Waals surface area contributed by atoms with E-state index in [9.17, 15) is 9.59 Å². The second kappa shape index (κ2) is 5.69. The summed E-state index contributed by atoms with van der Waals surface area (Å²) in [5.74, 6) is -0.652. The Bertz CT molecular complexity index is 270. The third-order valence-electron chi connectivity index (χ3n) is 2.91. The first-order chi connectivity index (χ1) is 7.58. The molecule has 1 heterocycles. The molecular weight excluding hydrogens is 210 g/mol. The van der Waals surface area contributed by atoms with Crippen LogP contribution in [0, 0.1) is 5.92 Å². The number of carboxylic acids is 1. The molecule has 6 heteroatoms. The Hall–Kier alpha value is -1.30. The number of amides is 2. The van der Waals surface area contributed by atoms with Crippen molar-refractivity contribution in [3.05, 3.63) is 0 Å². The van der Waals surface area contributed by atoms with E-state index in [1.165, 1.54) is 0 Å². The van der Waals surface area contributed by atoms with Crippen LogP contribution in [0.15, 0.2) is 0 Å². The summed E-state index contributed by atoms with van der Waals surface area (Å²) in [5, 5.41) is 11.3. The highest BCUT2D eigenvalue weighted by molar-refractivity contribution is 5.82. The topological polar surface area (TPSA) is 95.7 Å². The highest BCUT2D eigenvalue weighted by atomic mass is 16.4. The third-order valence-corrected chi connectivity index (χ3v) is 2.91. The van der Waals surface area contributed by atoms with Crippen LogP contribution in [0.3, 0.4) is 0 Å². The van der Waals surface area contributed by atoms with E-state index in [2.05, 4.69) is 5.32 Å². The summed E-state index contributed by atoms with van der Waals surface area (Å²) in [6.45, 7) is 3.58. The van der Waals surface area contributed by atoms with Gasteiger partial charge in [-0.1, -0.05) is 6.92 Å². The average molecular weight is 229 g/mol. The van der Waals surface area contributed by atoms with Crippen LogP contribution in [-0.2, 0) is 4.79 Å². The predicted molar refractivity (Wildman–Crippen MR) is 59.0 cm³/mol. The van der Waals surface area contributed by atoms with Crippen LogP contribution in [0.1, 0.15) is 19.8 Å². The molecule has 1 rings (SSSR count). The lowest BCUT2D eigenvalue weighted by atomic mass is 10.1. The second-order valence-corrected chi connectivity index (χ2v) is 4.08. The average Bonchev–Trinajstić information content (AvgIpc) is 2.73. The van der Waals surface area contributed by atoms with E-state index in [1.54, 1.807) is 11.8 Å². The van der Waals surface area contributed by atoms with Crippen molar-refractivity contribution in [1.82, 2.24) is 10.2 Å². The number of aliphatic carboxylic acids is 1. The molecule has 92 valence electrons. The van der Waals surface area contributed by atoms with E-state index in [0.717, 1.165) is 6.42 Å². The number of nitrogens with two attached hydrogens (primary N) is 1. The Morgan fingerprint density at radius 1 is 1.62 bits per heavy atom. The summed E-state index contributed by atoms with van der Waals surface area (Å²) in [5.41, 5.74) is 5.52. The number of likely N-dealkylation sites (tertiary alicyclic amines) is 1. The first-order valence-corrected chi connectivity index (χ1v) is 5.56. The third kappa shape index (κ3) is 3.10. The number of nitrogens with zero attached hydrogens (tertiary/aromatic N) is 1. The molecule has 0 aromatic carbocycles. The molecule has 16 heavy (non-hydrogen) atoms. The molecule has 1 aliphatic heterocycles. The smallest absolute Gasteiger partial charge is 0.326 e. The van der Waals surface area contributed by atoms with Gasteiger partial charge < -0.3 is 21.1 Å². The Balaban J connectivity index is 2.43. The van der Waals surface area contributed by atoms with Crippen LogP contribution in [0.5, 0.6) is 0 Å². The number of nitrogens with one attached hydrogen (secondary N) is 1. The van der Waals surface area contributed by atoms with Crippen molar-refractivity contribution in [3.8, 4) is 0 Å². The number of hydrogen-bond donors (Lipinski definition) is 3. The van der Waals surface area contributed by atoms with E-state index >= 15 is 0 Å². The summed E-state index contributed by atoms with van der Waals surface area (Å²) in [7, 11) is 0. The van der Waals surface area contributed by atoms with E-state index in [0.29, 0.717) is 32.0 Å². The molecule has 1 saturated heterocycles. The number of carbonyl (C=O) groups is 2. The van der Waals surface area contributed by atoms with Crippen LogP contribution in [0.4, 0.5) is 4.79 Å². The lowest BCUT2D eigenvalue weighted by Gasteiger charge is -2.20. The van der Waals surface area contributed by atoms with Crippen LogP contribution < -0.4 is 11.1 Å². The summed E-state index contributed by atoms with van der Waals surface area (Å²) < 4.78 is 0. The lowest BCUT2D eigenvalue weighted by Crippen LogP contribution is -2.47. The molecule has 0 spiro atoms. The first-order valence-electron chi connectivity index (χ1n) is 5.56. The van der Waals surface area contributed by atoms with Gasteiger partial charge in [-0.15, -0.1) is 0 Å². The summed E-state index contributed by atoms with van der Waals surface area (Å²) in [6, 6.07) is -1.10. The van der Waals surface area contributed by atoms with Crippen molar-refractivity contribution in [1.29, 1.82) is 0 Å². The number of urea groups is 1. The molecule has 0 radical (unpaired) electrons. The van der Waals surface area contributed by atoms with E-state index < -0.39 is 12.0 Å². The van der Waals surface area contributed by atoms with E-state index in [4.69, 9.17) is 10.8 Å². The van der Waals surface area contributed by atoms with Crippen LogP contribution in [0.2, 0.25) is 0 Å². The van der Waals surface area contributed by atoms with Crippen molar-refractivity contribution in [3.63, 3.8) is 0 Å². The van der Waals surface area contributed by atoms with E-state index in [-0.39, 0.29) is 6.03 Å². The van der Waals surface area contributed by atoms with Crippen molar-refractivity contribution < 1.29 is 14.7 Å². The van der Waals surface area contributed by atoms with Gasteiger partial charge in [0.1, 0.15) is 6.04 Å². The van der Waals surface area contributed by atoms with Gasteiger partial charge in [-0.05, 0) is 25.3 Å². The standard InChI is InChI=1S/C10H19N3O3/c1-2-8(9(14)15)12-10(16)13-4-3-7(5-11)6-13/h7-8H,2-6,11H2,1H3,(H,12,16)(H,14,15)/t7?,8-/m1/s1. The quantitative estimate of drug-likeness (QED) is 0.624. The zero-order valence-electron chi connectivity index (χ0n) is 9.48. The van der Waals surface area contributed by atoms with Gasteiger partial charge in [0, 0.05) is 13.1 Å². The maximum absolute atomic E-state index is 11.7. The van der Waals surface area contributed by atoms with Gasteiger partial charge >= 0.3 is 12.0 Å². The molecule has 1 aliphatic rings. The molecule has 0 bridgehead atoms. The Labute approximate surface area is 94.8 Å². The van der Waals surface area contributed by atoms with Crippen molar-refractivity contribution in [2.75, 3.05) is 19.6 Å². The van der Waals surface area contributed by atoms with Gasteiger partial charge in [-0.2, -0.15) is 0 Å². The number of rotatable bonds is 4. The van der Waals surface area contributed by atoms with Gasteiger partial charge in [0.05, 0.1) is 0 Å². The molecule has 1 unspecified atom stereocenters. The molecule has 6 nitrogen and oxygen atoms in total. The van der Waals surface area contributed by atoms with Gasteiger partial charge in [-0.3, -0.25) is 0 Å². The molecule has 1 fully saturated rings. The molecular formula is C10H19N3O3. The second-order valence-electron chi connectivity index (χ2n) is 4.08. The molecule has 2 amide bonds. The summed E-state index contributed by atoms with van der Waals surface area (Å²) in [6.07, 6.45) is 1.28. The van der Waals surface area contributed by atoms with Gasteiger partial charge in [0.15, 0.2) is 0 Å². The fourth-order valence-corrected chi connectivity index (χ4v) is 1.79. The molecule has 2 atom stereocenters. The zero-order valence-corrected chi connectivity index (χ0v) is 9.48. The minimum absolute atomic E-state index is 0.301. The van der Waals surface area contributed by atoms with Crippen LogP contribution in [0.25, 0.3) is 0 Å². The minimum atomic E-state index is -0.995. The Kier molecular flexibility index (Phi) is 4.54. The van der Waals surface area contributed by atoms with Gasteiger partial charge in [0.2, 0.25) is 0 Å². The maximum atomic E-state index is 11.7. The summed E-state index contributed by atoms with van der Waals surface area (Å²) >= 11 is 0. The molecule has 0 aromatic heterocycles. The highest BCUT2D eigenvalue weighted by Gasteiger charge is 2.27. The predicted octanol–water partition coefficient (Wildman–Crippen LogP) is -0.160. The Morgan fingerprint density at radius 3 is 2.75 bits per heavy atom. The lowest BCUT2D eigenvalue weighted by molar-refractivity contribution is -0.139. The number of carboxylic acid groups (broad SMARTS) is 1. The summed E-state index contributed by atoms with van der Waals surface area (Å²) in [4.78, 5) is 24.1.